The maximum absolute atomic E-state index is 4.37. The van der Waals surface area contributed by atoms with Crippen LogP contribution in [0.25, 0.3) is 0 Å². The van der Waals surface area contributed by atoms with Crippen molar-refractivity contribution in [1.29, 1.82) is 0 Å². The van der Waals surface area contributed by atoms with Crippen molar-refractivity contribution < 1.29 is 0 Å². The average Bonchev–Trinajstić information content (AvgIpc) is 3.22. The normalized spacial score (nSPS) is 18.9. The van der Waals surface area contributed by atoms with Gasteiger partial charge < -0.3 is 15.2 Å². The summed E-state index contributed by atoms with van der Waals surface area (Å²) in [5.74, 6) is 2.95. The molecule has 134 valence electrons. The molecule has 4 rings (SSSR count). The predicted molar refractivity (Wildman–Crippen MR) is 109 cm³/mol. The maximum atomic E-state index is 4.37. The van der Waals surface area contributed by atoms with E-state index in [2.05, 4.69) is 54.7 Å². The zero-order chi connectivity index (χ0) is 16.4. The molecule has 0 saturated heterocycles. The van der Waals surface area contributed by atoms with Crippen LogP contribution < -0.4 is 10.6 Å². The summed E-state index contributed by atoms with van der Waals surface area (Å²) < 4.78 is 2.22. The molecule has 1 aliphatic carbocycles. The monoisotopic (exact) mass is 452 g/mol. The Kier molecular flexibility index (Phi) is 5.93. The van der Waals surface area contributed by atoms with Gasteiger partial charge in [0.1, 0.15) is 5.82 Å². The third kappa shape index (κ3) is 3.96. The highest BCUT2D eigenvalue weighted by molar-refractivity contribution is 14.0. The van der Waals surface area contributed by atoms with Crippen LogP contribution in [0.3, 0.4) is 0 Å². The largest absolute Gasteiger partial charge is 0.353 e. The summed E-state index contributed by atoms with van der Waals surface area (Å²) in [4.78, 5) is 4.37. The summed E-state index contributed by atoms with van der Waals surface area (Å²) in [7, 11) is 1.82. The molecule has 2 aliphatic rings. The molecular formula is C18H25IN6. The van der Waals surface area contributed by atoms with Crippen molar-refractivity contribution in [1.82, 2.24) is 25.4 Å². The van der Waals surface area contributed by atoms with Gasteiger partial charge in [0, 0.05) is 26.1 Å². The molecule has 0 fully saturated rings. The number of aromatic nitrogens is 3. The molecular weight excluding hydrogens is 427 g/mol. The molecule has 0 radical (unpaired) electrons. The Hall–Kier alpha value is -1.64. The van der Waals surface area contributed by atoms with E-state index in [1.54, 1.807) is 0 Å². The van der Waals surface area contributed by atoms with Gasteiger partial charge in [-0.2, -0.15) is 0 Å². The van der Waals surface area contributed by atoms with Gasteiger partial charge in [0.2, 0.25) is 0 Å². The third-order valence-electron chi connectivity index (χ3n) is 5.01. The second kappa shape index (κ2) is 8.16. The Morgan fingerprint density at radius 1 is 1.24 bits per heavy atom. The molecule has 0 spiro atoms. The van der Waals surface area contributed by atoms with Crippen molar-refractivity contribution in [3.63, 3.8) is 0 Å². The highest BCUT2D eigenvalue weighted by atomic mass is 127. The maximum Gasteiger partial charge on any atom is 0.191 e. The van der Waals surface area contributed by atoms with E-state index >= 15 is 0 Å². The van der Waals surface area contributed by atoms with E-state index in [-0.39, 0.29) is 24.0 Å². The van der Waals surface area contributed by atoms with Crippen LogP contribution >= 0.6 is 24.0 Å². The first-order chi connectivity index (χ1) is 11.8. The van der Waals surface area contributed by atoms with E-state index in [1.807, 2.05) is 7.05 Å². The van der Waals surface area contributed by atoms with Crippen LogP contribution in [0.5, 0.6) is 0 Å². The molecule has 1 aliphatic heterocycles. The van der Waals surface area contributed by atoms with Crippen LogP contribution in [0.2, 0.25) is 0 Å². The number of guanidine groups is 1. The van der Waals surface area contributed by atoms with E-state index in [4.69, 9.17) is 0 Å². The van der Waals surface area contributed by atoms with Crippen molar-refractivity contribution in [3.8, 4) is 0 Å². The Morgan fingerprint density at radius 2 is 2.08 bits per heavy atom. The molecule has 25 heavy (non-hydrogen) atoms. The number of hydrogen-bond acceptors (Lipinski definition) is 3. The molecule has 1 unspecified atom stereocenters. The lowest BCUT2D eigenvalue weighted by atomic mass is 9.88. The van der Waals surface area contributed by atoms with Gasteiger partial charge >= 0.3 is 0 Å². The molecule has 1 aromatic carbocycles. The topological polar surface area (TPSA) is 67.1 Å². The van der Waals surface area contributed by atoms with Gasteiger partial charge in [-0.3, -0.25) is 4.99 Å². The summed E-state index contributed by atoms with van der Waals surface area (Å²) >= 11 is 0. The molecule has 2 aromatic rings. The number of aryl methyl sites for hydroxylation is 2. The fourth-order valence-electron chi connectivity index (χ4n) is 3.71. The van der Waals surface area contributed by atoms with Gasteiger partial charge in [0.15, 0.2) is 11.8 Å². The van der Waals surface area contributed by atoms with Crippen LogP contribution in [0.1, 0.15) is 35.6 Å². The molecule has 2 heterocycles. The lowest BCUT2D eigenvalue weighted by Gasteiger charge is -2.27. The number of halogens is 1. The van der Waals surface area contributed by atoms with Gasteiger partial charge in [-0.25, -0.2) is 0 Å². The van der Waals surface area contributed by atoms with Gasteiger partial charge in [-0.1, -0.05) is 24.3 Å². The molecule has 0 saturated carbocycles. The SMILES string of the molecule is CN=C(NCc1nnc2n1CCC2)NC1CCc2ccccc2C1.I. The van der Waals surface area contributed by atoms with Crippen LogP contribution in [0.4, 0.5) is 0 Å². The number of aliphatic imine (C=N–C) groups is 1. The van der Waals surface area contributed by atoms with Crippen molar-refractivity contribution in [2.24, 2.45) is 4.99 Å². The molecule has 1 atom stereocenters. The number of fused-ring (bicyclic) bond motifs is 2. The average molecular weight is 452 g/mol. The van der Waals surface area contributed by atoms with Crippen molar-refractivity contribution >= 4 is 29.9 Å². The molecule has 6 nitrogen and oxygen atoms in total. The van der Waals surface area contributed by atoms with Gasteiger partial charge in [0.05, 0.1) is 6.54 Å². The number of rotatable bonds is 3. The standard InChI is InChI=1S/C18H24N6.HI/c1-19-18(20-12-17-23-22-16-7-4-10-24(16)17)21-15-9-8-13-5-2-3-6-14(13)11-15;/h2-3,5-6,15H,4,7-12H2,1H3,(H2,19,20,21);1H. The van der Waals surface area contributed by atoms with Crippen LogP contribution in [0.15, 0.2) is 29.3 Å². The van der Waals surface area contributed by atoms with Crippen LogP contribution in [-0.4, -0.2) is 33.8 Å². The first-order valence-electron chi connectivity index (χ1n) is 8.78. The van der Waals surface area contributed by atoms with Crippen LogP contribution in [0, 0.1) is 0 Å². The minimum atomic E-state index is 0. The summed E-state index contributed by atoms with van der Waals surface area (Å²) in [5.41, 5.74) is 2.93. The summed E-state index contributed by atoms with van der Waals surface area (Å²) in [6.07, 6.45) is 5.53. The number of nitrogens with one attached hydrogen (secondary N) is 2. The summed E-state index contributed by atoms with van der Waals surface area (Å²) in [6, 6.07) is 9.16. The Bertz CT molecular complexity index is 754. The zero-order valence-corrected chi connectivity index (χ0v) is 16.9. The number of nitrogens with zero attached hydrogens (tertiary/aromatic N) is 4. The predicted octanol–water partition coefficient (Wildman–Crippen LogP) is 2.06. The fourth-order valence-corrected chi connectivity index (χ4v) is 3.71. The molecule has 7 heteroatoms. The van der Waals surface area contributed by atoms with Gasteiger partial charge in [0.25, 0.3) is 0 Å². The van der Waals surface area contributed by atoms with E-state index in [0.29, 0.717) is 12.6 Å². The van der Waals surface area contributed by atoms with E-state index in [0.717, 1.165) is 49.8 Å². The number of hydrogen-bond donors (Lipinski definition) is 2. The molecule has 0 amide bonds. The first-order valence-corrected chi connectivity index (χ1v) is 8.78. The van der Waals surface area contributed by atoms with Crippen molar-refractivity contribution in [2.45, 2.75) is 51.2 Å². The molecule has 0 bridgehead atoms. The number of benzene rings is 1. The lowest BCUT2D eigenvalue weighted by molar-refractivity contribution is 0.519. The zero-order valence-electron chi connectivity index (χ0n) is 14.5. The van der Waals surface area contributed by atoms with Gasteiger partial charge in [-0.05, 0) is 36.8 Å². The lowest BCUT2D eigenvalue weighted by Crippen LogP contribution is -2.45. The second-order valence-corrected chi connectivity index (χ2v) is 6.57. The highest BCUT2D eigenvalue weighted by Crippen LogP contribution is 2.21. The Morgan fingerprint density at radius 3 is 2.92 bits per heavy atom. The minimum Gasteiger partial charge on any atom is -0.353 e. The minimum absolute atomic E-state index is 0. The van der Waals surface area contributed by atoms with Crippen LogP contribution in [-0.2, 0) is 32.4 Å². The summed E-state index contributed by atoms with van der Waals surface area (Å²) in [5, 5.41) is 15.5. The van der Waals surface area contributed by atoms with E-state index < -0.39 is 0 Å². The Labute approximate surface area is 165 Å². The van der Waals surface area contributed by atoms with E-state index in [9.17, 15) is 0 Å². The fraction of sp³-hybridized carbons (Fsp3) is 0.500. The third-order valence-corrected chi connectivity index (χ3v) is 5.01. The quantitative estimate of drug-likeness (QED) is 0.425. The smallest absolute Gasteiger partial charge is 0.191 e. The molecule has 2 N–H and O–H groups in total. The summed E-state index contributed by atoms with van der Waals surface area (Å²) in [6.45, 7) is 1.70. The molecule has 1 aromatic heterocycles. The van der Waals surface area contributed by atoms with E-state index in [1.165, 1.54) is 17.5 Å². The van der Waals surface area contributed by atoms with Crippen molar-refractivity contribution in [3.05, 3.63) is 47.0 Å². The highest BCUT2D eigenvalue weighted by Gasteiger charge is 2.20. The first kappa shape index (κ1) is 18.2. The Balaban J connectivity index is 0.00000182. The van der Waals surface area contributed by atoms with Crippen molar-refractivity contribution in [2.75, 3.05) is 7.05 Å². The second-order valence-electron chi connectivity index (χ2n) is 6.57. The van der Waals surface area contributed by atoms with Gasteiger partial charge in [-0.15, -0.1) is 34.2 Å².